The van der Waals surface area contributed by atoms with E-state index in [-0.39, 0.29) is 0 Å². The minimum Gasteiger partial charge on any atom is -0.328 e. The molecular weight excluding hydrogens is 360 g/mol. The topological polar surface area (TPSA) is 46.8 Å². The number of pyridine rings is 1. The highest BCUT2D eigenvalue weighted by Crippen LogP contribution is 2.42. The lowest BCUT2D eigenvalue weighted by Gasteiger charge is -2.30. The Balaban J connectivity index is 1.54. The van der Waals surface area contributed by atoms with E-state index >= 15 is 0 Å². The van der Waals surface area contributed by atoms with E-state index in [1.807, 2.05) is 6.07 Å². The normalized spacial score (nSPS) is 19.1. The first-order valence-corrected chi connectivity index (χ1v) is 9.95. The Labute approximate surface area is 162 Å². The molecule has 2 aliphatic heterocycles. The van der Waals surface area contributed by atoms with Gasteiger partial charge >= 0.3 is 0 Å². The summed E-state index contributed by atoms with van der Waals surface area (Å²) in [5.41, 5.74) is 6.19. The van der Waals surface area contributed by atoms with Crippen LogP contribution < -0.4 is 0 Å². The summed E-state index contributed by atoms with van der Waals surface area (Å²) in [6.07, 6.45) is 7.37. The Morgan fingerprint density at radius 3 is 2.71 bits per heavy atom. The van der Waals surface area contributed by atoms with Gasteiger partial charge in [-0.2, -0.15) is 0 Å². The summed E-state index contributed by atoms with van der Waals surface area (Å²) in [6, 6.07) is 4.05. The van der Waals surface area contributed by atoms with E-state index in [0.29, 0.717) is 17.4 Å². The van der Waals surface area contributed by atoms with Gasteiger partial charge in [0.2, 0.25) is 0 Å². The molecule has 1 unspecified atom stereocenters. The van der Waals surface area contributed by atoms with Gasteiger partial charge in [0, 0.05) is 43.0 Å². The van der Waals surface area contributed by atoms with E-state index in [9.17, 15) is 8.78 Å². The summed E-state index contributed by atoms with van der Waals surface area (Å²) in [6.45, 7) is 1.80. The van der Waals surface area contributed by atoms with Crippen LogP contribution in [0.15, 0.2) is 24.5 Å². The molecule has 28 heavy (non-hydrogen) atoms. The van der Waals surface area contributed by atoms with Crippen molar-refractivity contribution < 1.29 is 8.78 Å². The Kier molecular flexibility index (Phi) is 4.55. The molecule has 7 heteroatoms. The van der Waals surface area contributed by atoms with Crippen LogP contribution in [0.2, 0.25) is 0 Å². The molecule has 5 heterocycles. The smallest absolute Gasteiger partial charge is 0.159 e. The molecule has 1 fully saturated rings. The first kappa shape index (κ1) is 17.7. The van der Waals surface area contributed by atoms with Crippen molar-refractivity contribution in [3.05, 3.63) is 52.7 Å². The average molecular weight is 383 g/mol. The Morgan fingerprint density at radius 2 is 1.93 bits per heavy atom. The third kappa shape index (κ3) is 2.89. The lowest BCUT2D eigenvalue weighted by atomic mass is 9.98. The first-order valence-electron chi connectivity index (χ1n) is 9.95. The molecule has 0 bridgehead atoms. The quantitative estimate of drug-likeness (QED) is 0.674. The molecule has 0 saturated carbocycles. The van der Waals surface area contributed by atoms with E-state index < -0.39 is 13.3 Å². The average Bonchev–Trinajstić information content (AvgIpc) is 3.34. The summed E-state index contributed by atoms with van der Waals surface area (Å²) in [7, 11) is 0. The SMILES string of the molecule is FCc1ccc(CCn2c3c(c4nc(CF)cnc42)C2CCCN2CC3)cn1. The highest BCUT2D eigenvalue weighted by Gasteiger charge is 2.36. The van der Waals surface area contributed by atoms with Gasteiger partial charge in [0.05, 0.1) is 17.6 Å². The maximum absolute atomic E-state index is 13.2. The van der Waals surface area contributed by atoms with E-state index in [0.717, 1.165) is 55.6 Å². The summed E-state index contributed by atoms with van der Waals surface area (Å²) < 4.78 is 28.2. The van der Waals surface area contributed by atoms with E-state index in [2.05, 4.69) is 24.4 Å². The number of fused-ring (bicyclic) bond motifs is 5. The second kappa shape index (κ2) is 7.20. The van der Waals surface area contributed by atoms with Gasteiger partial charge in [0.1, 0.15) is 18.9 Å². The second-order valence-electron chi connectivity index (χ2n) is 7.66. The fourth-order valence-corrected chi connectivity index (χ4v) is 4.73. The molecule has 0 radical (unpaired) electrons. The van der Waals surface area contributed by atoms with Crippen molar-refractivity contribution in [1.29, 1.82) is 0 Å². The van der Waals surface area contributed by atoms with Gasteiger partial charge in [-0.05, 0) is 37.4 Å². The number of hydrogen-bond acceptors (Lipinski definition) is 4. The van der Waals surface area contributed by atoms with Crippen LogP contribution in [0.1, 0.15) is 47.1 Å². The van der Waals surface area contributed by atoms with Crippen LogP contribution in [0.4, 0.5) is 8.78 Å². The molecule has 0 N–H and O–H groups in total. The molecule has 3 aromatic rings. The third-order valence-corrected chi connectivity index (χ3v) is 6.07. The van der Waals surface area contributed by atoms with Crippen LogP contribution in [-0.4, -0.2) is 37.5 Å². The predicted molar refractivity (Wildman–Crippen MR) is 102 cm³/mol. The van der Waals surface area contributed by atoms with Crippen molar-refractivity contribution in [2.24, 2.45) is 0 Å². The maximum Gasteiger partial charge on any atom is 0.159 e. The summed E-state index contributed by atoms with van der Waals surface area (Å²) in [5.74, 6) is 0. The van der Waals surface area contributed by atoms with Gasteiger partial charge in [-0.15, -0.1) is 0 Å². The molecule has 0 amide bonds. The monoisotopic (exact) mass is 383 g/mol. The fourth-order valence-electron chi connectivity index (χ4n) is 4.73. The number of alkyl halides is 2. The summed E-state index contributed by atoms with van der Waals surface area (Å²) in [4.78, 5) is 15.9. The van der Waals surface area contributed by atoms with Crippen LogP contribution in [0.5, 0.6) is 0 Å². The largest absolute Gasteiger partial charge is 0.328 e. The summed E-state index contributed by atoms with van der Waals surface area (Å²) >= 11 is 0. The van der Waals surface area contributed by atoms with E-state index in [1.165, 1.54) is 17.7 Å². The van der Waals surface area contributed by atoms with Gasteiger partial charge < -0.3 is 4.57 Å². The molecular formula is C21H23F2N5. The molecule has 0 aromatic carbocycles. The lowest BCUT2D eigenvalue weighted by Crippen LogP contribution is -2.31. The molecule has 3 aromatic heterocycles. The number of aryl methyl sites for hydroxylation is 2. The van der Waals surface area contributed by atoms with Crippen LogP contribution in [0.3, 0.4) is 0 Å². The van der Waals surface area contributed by atoms with Gasteiger partial charge in [-0.3, -0.25) is 9.88 Å². The van der Waals surface area contributed by atoms with Crippen LogP contribution in [0, 0.1) is 0 Å². The zero-order valence-corrected chi connectivity index (χ0v) is 15.7. The molecule has 2 aliphatic rings. The van der Waals surface area contributed by atoms with Crippen molar-refractivity contribution in [3.63, 3.8) is 0 Å². The second-order valence-corrected chi connectivity index (χ2v) is 7.66. The molecule has 5 nitrogen and oxygen atoms in total. The summed E-state index contributed by atoms with van der Waals surface area (Å²) in [5, 5.41) is 0. The van der Waals surface area contributed by atoms with Gasteiger partial charge in [0.25, 0.3) is 0 Å². The minimum atomic E-state index is -0.593. The molecule has 146 valence electrons. The number of halogens is 2. The van der Waals surface area contributed by atoms with Crippen molar-refractivity contribution in [3.8, 4) is 0 Å². The molecule has 5 rings (SSSR count). The number of aromatic nitrogens is 4. The highest BCUT2D eigenvalue weighted by molar-refractivity contribution is 5.79. The molecule has 1 atom stereocenters. The van der Waals surface area contributed by atoms with Gasteiger partial charge in [-0.25, -0.2) is 18.7 Å². The van der Waals surface area contributed by atoms with Crippen molar-refractivity contribution >= 4 is 11.2 Å². The van der Waals surface area contributed by atoms with E-state index in [4.69, 9.17) is 0 Å². The fraction of sp³-hybridized carbons (Fsp3) is 0.476. The van der Waals surface area contributed by atoms with Crippen molar-refractivity contribution in [2.45, 2.75) is 51.6 Å². The Hall–Kier alpha value is -2.41. The third-order valence-electron chi connectivity index (χ3n) is 6.07. The lowest BCUT2D eigenvalue weighted by molar-refractivity contribution is 0.241. The standard InChI is InChI=1S/C21H23F2N5/c22-10-15-4-3-14(12-24-15)5-9-28-18-6-8-27-7-1-2-17(27)19(18)20-21(28)25-13-16(11-23)26-20/h3-4,12-13,17H,1-2,5-11H2. The van der Waals surface area contributed by atoms with E-state index in [1.54, 1.807) is 18.5 Å². The van der Waals surface area contributed by atoms with Crippen molar-refractivity contribution in [1.82, 2.24) is 24.4 Å². The zero-order valence-electron chi connectivity index (χ0n) is 15.7. The van der Waals surface area contributed by atoms with Crippen LogP contribution >= 0.6 is 0 Å². The van der Waals surface area contributed by atoms with Gasteiger partial charge in [-0.1, -0.05) is 6.07 Å². The molecule has 0 spiro atoms. The Bertz CT molecular complexity index is 998. The molecule has 1 saturated heterocycles. The van der Waals surface area contributed by atoms with Crippen LogP contribution in [-0.2, 0) is 32.7 Å². The number of nitrogens with zero attached hydrogens (tertiary/aromatic N) is 5. The van der Waals surface area contributed by atoms with Crippen molar-refractivity contribution in [2.75, 3.05) is 13.1 Å². The minimum absolute atomic E-state index is 0.377. The van der Waals surface area contributed by atoms with Crippen LogP contribution in [0.25, 0.3) is 11.2 Å². The predicted octanol–water partition coefficient (Wildman–Crippen LogP) is 3.70. The van der Waals surface area contributed by atoms with Gasteiger partial charge in [0.15, 0.2) is 5.65 Å². The Morgan fingerprint density at radius 1 is 1.04 bits per heavy atom. The maximum atomic E-state index is 13.2. The number of rotatable bonds is 5. The first-order chi connectivity index (χ1) is 13.8. The number of hydrogen-bond donors (Lipinski definition) is 0. The highest BCUT2D eigenvalue weighted by atomic mass is 19.1. The zero-order chi connectivity index (χ0) is 19.1. The molecule has 0 aliphatic carbocycles.